The van der Waals surface area contributed by atoms with Crippen LogP contribution >= 0.6 is 0 Å². The monoisotopic (exact) mass is 456 g/mol. The molecule has 2 aromatic rings. The third kappa shape index (κ3) is 8.63. The first kappa shape index (κ1) is 26.0. The van der Waals surface area contributed by atoms with E-state index in [-0.39, 0.29) is 43.7 Å². The van der Waals surface area contributed by atoms with Crippen molar-refractivity contribution in [1.29, 1.82) is 0 Å². The number of rotatable bonds is 13. The fourth-order valence-corrected chi connectivity index (χ4v) is 3.19. The first-order chi connectivity index (χ1) is 16.0. The molecule has 2 rings (SSSR count). The Morgan fingerprint density at radius 3 is 2.36 bits per heavy atom. The molecule has 0 aliphatic heterocycles. The van der Waals surface area contributed by atoms with Gasteiger partial charge < -0.3 is 25.0 Å². The quantitative estimate of drug-likeness (QED) is 0.447. The number of methoxy groups -OCH3 is 2. The van der Waals surface area contributed by atoms with Gasteiger partial charge in [0, 0.05) is 46.3 Å². The van der Waals surface area contributed by atoms with Gasteiger partial charge in [-0.1, -0.05) is 35.9 Å². The van der Waals surface area contributed by atoms with Crippen molar-refractivity contribution in [2.24, 2.45) is 0 Å². The minimum atomic E-state index is -0.857. The maximum Gasteiger partial charge on any atom is 0.247 e. The molecular weight excluding hydrogens is 424 g/mol. The van der Waals surface area contributed by atoms with Crippen molar-refractivity contribution in [1.82, 2.24) is 15.2 Å². The number of amides is 3. The molecule has 33 heavy (non-hydrogen) atoms. The van der Waals surface area contributed by atoms with Gasteiger partial charge in [0.15, 0.2) is 0 Å². The van der Waals surface area contributed by atoms with Gasteiger partial charge in [-0.3, -0.25) is 14.4 Å². The van der Waals surface area contributed by atoms with Crippen LogP contribution in [0.25, 0.3) is 0 Å². The number of aromatic nitrogens is 1. The number of hydrogen-bond donors (Lipinski definition) is 2. The van der Waals surface area contributed by atoms with Gasteiger partial charge in [-0.25, -0.2) is 4.98 Å². The second-order valence-corrected chi connectivity index (χ2v) is 7.44. The Morgan fingerprint density at radius 1 is 1.00 bits per heavy atom. The van der Waals surface area contributed by atoms with Gasteiger partial charge in [0.1, 0.15) is 11.9 Å². The highest BCUT2D eigenvalue weighted by Crippen LogP contribution is 2.23. The van der Waals surface area contributed by atoms with E-state index in [4.69, 9.17) is 9.47 Å². The molecule has 9 nitrogen and oxygen atoms in total. The molecule has 1 heterocycles. The highest BCUT2D eigenvalue weighted by molar-refractivity contribution is 5.94. The molecule has 0 aliphatic carbocycles. The summed E-state index contributed by atoms with van der Waals surface area (Å²) in [5.74, 6) is -0.555. The molecule has 3 amide bonds. The molecule has 0 unspecified atom stereocenters. The van der Waals surface area contributed by atoms with Crippen molar-refractivity contribution in [3.63, 3.8) is 0 Å². The lowest BCUT2D eigenvalue weighted by Gasteiger charge is -2.31. The Bertz CT molecular complexity index is 889. The van der Waals surface area contributed by atoms with Crippen molar-refractivity contribution in [2.45, 2.75) is 25.8 Å². The maximum atomic E-state index is 13.2. The predicted molar refractivity (Wildman–Crippen MR) is 124 cm³/mol. The zero-order valence-electron chi connectivity index (χ0n) is 19.4. The third-order valence-corrected chi connectivity index (χ3v) is 4.91. The van der Waals surface area contributed by atoms with E-state index in [0.29, 0.717) is 24.5 Å². The van der Waals surface area contributed by atoms with Gasteiger partial charge in [-0.05, 0) is 24.6 Å². The number of aryl methyl sites for hydroxylation is 1. The van der Waals surface area contributed by atoms with E-state index in [0.717, 1.165) is 5.56 Å². The lowest BCUT2D eigenvalue weighted by atomic mass is 10.0. The lowest BCUT2D eigenvalue weighted by Crippen LogP contribution is -2.45. The predicted octanol–water partition coefficient (Wildman–Crippen LogP) is 2.09. The van der Waals surface area contributed by atoms with E-state index in [9.17, 15) is 14.4 Å². The minimum absolute atomic E-state index is 0.0369. The van der Waals surface area contributed by atoms with Gasteiger partial charge >= 0.3 is 0 Å². The smallest absolute Gasteiger partial charge is 0.247 e. The molecule has 178 valence electrons. The summed E-state index contributed by atoms with van der Waals surface area (Å²) in [5.41, 5.74) is 1.72. The number of benzene rings is 1. The van der Waals surface area contributed by atoms with Crippen molar-refractivity contribution in [2.75, 3.05) is 45.8 Å². The molecule has 0 saturated carbocycles. The summed E-state index contributed by atoms with van der Waals surface area (Å²) in [7, 11) is 3.08. The number of hydrogen-bond acceptors (Lipinski definition) is 6. The summed E-state index contributed by atoms with van der Waals surface area (Å²) in [6, 6.07) is 11.8. The molecule has 0 bridgehead atoms. The van der Waals surface area contributed by atoms with Crippen LogP contribution in [-0.2, 0) is 23.9 Å². The van der Waals surface area contributed by atoms with Crippen molar-refractivity contribution < 1.29 is 23.9 Å². The minimum Gasteiger partial charge on any atom is -0.383 e. The number of carbonyl (C=O) groups is 3. The first-order valence-corrected chi connectivity index (χ1v) is 10.8. The van der Waals surface area contributed by atoms with Crippen LogP contribution in [0, 0.1) is 6.92 Å². The van der Waals surface area contributed by atoms with Crippen molar-refractivity contribution in [3.05, 3.63) is 59.8 Å². The summed E-state index contributed by atoms with van der Waals surface area (Å²) in [6.45, 7) is 3.07. The Balaban J connectivity index is 2.17. The van der Waals surface area contributed by atoms with Crippen molar-refractivity contribution in [3.8, 4) is 0 Å². The first-order valence-electron chi connectivity index (χ1n) is 10.8. The summed E-state index contributed by atoms with van der Waals surface area (Å²) in [6.07, 6.45) is 1.47. The van der Waals surface area contributed by atoms with Crippen LogP contribution in [0.4, 0.5) is 5.82 Å². The number of pyridine rings is 1. The Labute approximate surface area is 194 Å². The topological polar surface area (TPSA) is 110 Å². The summed E-state index contributed by atoms with van der Waals surface area (Å²) >= 11 is 0. The van der Waals surface area contributed by atoms with Crippen LogP contribution in [0.5, 0.6) is 0 Å². The average molecular weight is 457 g/mol. The van der Waals surface area contributed by atoms with Crippen LogP contribution < -0.4 is 10.6 Å². The zero-order valence-corrected chi connectivity index (χ0v) is 19.4. The van der Waals surface area contributed by atoms with E-state index in [1.807, 2.05) is 31.2 Å². The average Bonchev–Trinajstić information content (AvgIpc) is 2.82. The molecule has 1 aromatic carbocycles. The largest absolute Gasteiger partial charge is 0.383 e. The third-order valence-electron chi connectivity index (χ3n) is 4.91. The second-order valence-electron chi connectivity index (χ2n) is 7.44. The lowest BCUT2D eigenvalue weighted by molar-refractivity contribution is -0.142. The highest BCUT2D eigenvalue weighted by Gasteiger charge is 2.31. The molecule has 0 saturated heterocycles. The van der Waals surface area contributed by atoms with Gasteiger partial charge in [0.05, 0.1) is 13.2 Å². The Morgan fingerprint density at radius 2 is 1.73 bits per heavy atom. The summed E-state index contributed by atoms with van der Waals surface area (Å²) in [5, 5.41) is 5.48. The highest BCUT2D eigenvalue weighted by atomic mass is 16.5. The van der Waals surface area contributed by atoms with E-state index >= 15 is 0 Å². The normalized spacial score (nSPS) is 11.5. The Kier molecular flexibility index (Phi) is 11.0. The number of nitrogens with one attached hydrogen (secondary N) is 2. The Hall–Kier alpha value is -3.30. The fraction of sp³-hybridized carbons (Fsp3) is 0.417. The summed E-state index contributed by atoms with van der Waals surface area (Å²) < 4.78 is 10.2. The molecule has 1 atom stereocenters. The summed E-state index contributed by atoms with van der Waals surface area (Å²) in [4.78, 5) is 44.1. The van der Waals surface area contributed by atoms with Crippen LogP contribution in [0.15, 0.2) is 48.7 Å². The molecular formula is C24H32N4O5. The van der Waals surface area contributed by atoms with Crippen LogP contribution in [0.1, 0.15) is 30.0 Å². The van der Waals surface area contributed by atoms with Gasteiger partial charge in [-0.15, -0.1) is 0 Å². The maximum absolute atomic E-state index is 13.2. The molecule has 2 N–H and O–H groups in total. The number of ether oxygens (including phenoxy) is 2. The van der Waals surface area contributed by atoms with E-state index in [1.54, 1.807) is 31.5 Å². The second kappa shape index (κ2) is 14.0. The van der Waals surface area contributed by atoms with Crippen LogP contribution in [0.2, 0.25) is 0 Å². The molecule has 0 fully saturated rings. The van der Waals surface area contributed by atoms with E-state index < -0.39 is 6.04 Å². The molecule has 0 spiro atoms. The SMILES string of the molecule is COCCNC(=O)[C@@H](c1ccc(C)cc1)N(CCOC)C(=O)CCC(=O)Nc1ccccn1. The number of carbonyl (C=O) groups excluding carboxylic acids is 3. The molecule has 0 aliphatic rings. The van der Waals surface area contributed by atoms with Crippen LogP contribution in [-0.4, -0.2) is 68.1 Å². The van der Waals surface area contributed by atoms with E-state index in [2.05, 4.69) is 15.6 Å². The van der Waals surface area contributed by atoms with Gasteiger partial charge in [0.2, 0.25) is 17.7 Å². The molecule has 1 aromatic heterocycles. The number of anilines is 1. The van der Waals surface area contributed by atoms with Crippen molar-refractivity contribution >= 4 is 23.5 Å². The zero-order chi connectivity index (χ0) is 24.1. The van der Waals surface area contributed by atoms with E-state index in [1.165, 1.54) is 12.0 Å². The van der Waals surface area contributed by atoms with Gasteiger partial charge in [-0.2, -0.15) is 0 Å². The standard InChI is InChI=1S/C24H32N4O5/c1-18-7-9-19(10-8-18)23(24(31)26-14-16-32-2)28(15-17-33-3)22(30)12-11-21(29)27-20-6-4-5-13-25-20/h4-10,13,23H,11-12,14-17H2,1-3H3,(H,26,31)(H,25,27,29)/t23-/m1/s1. The van der Waals surface area contributed by atoms with Gasteiger partial charge in [0.25, 0.3) is 0 Å². The molecule has 0 radical (unpaired) electrons. The fourth-order valence-electron chi connectivity index (χ4n) is 3.19. The van der Waals surface area contributed by atoms with Crippen LogP contribution in [0.3, 0.4) is 0 Å². The number of nitrogens with zero attached hydrogens (tertiary/aromatic N) is 2. The molecule has 9 heteroatoms.